The fourth-order valence-electron chi connectivity index (χ4n) is 3.80. The minimum absolute atomic E-state index is 0.338. The van der Waals surface area contributed by atoms with Crippen LogP contribution in [0.2, 0.25) is 0 Å². The minimum atomic E-state index is -2.12. The Bertz CT molecular complexity index is 923. The summed E-state index contributed by atoms with van der Waals surface area (Å²) in [7, 11) is 1.96. The maximum atomic E-state index is 8.76. The predicted octanol–water partition coefficient (Wildman–Crippen LogP) is 4.75. The van der Waals surface area contributed by atoms with Gasteiger partial charge in [-0.15, -0.1) is 0 Å². The van der Waals surface area contributed by atoms with Crippen LogP contribution in [-0.4, -0.2) is 0 Å². The molecule has 2 aromatic rings. The molecule has 0 aliphatic heterocycles. The predicted molar refractivity (Wildman–Crippen MR) is 93.2 cm³/mol. The standard InChI is InChI=1S/C21H28N/c1-14-8-9-16(15(2)10-14)19-11-17-18(12-22(19)7)21(5,6)13-20(17,3)4/h8-12H,13H2,1-7H3/q+1/i1D3,13D2. The van der Waals surface area contributed by atoms with Gasteiger partial charge >= 0.3 is 0 Å². The van der Waals surface area contributed by atoms with E-state index < -0.39 is 24.1 Å². The van der Waals surface area contributed by atoms with E-state index in [9.17, 15) is 0 Å². The molecule has 0 atom stereocenters. The van der Waals surface area contributed by atoms with Crippen molar-refractivity contribution < 1.29 is 11.4 Å². The molecule has 1 aromatic carbocycles. The van der Waals surface area contributed by atoms with Gasteiger partial charge in [0.05, 0.1) is 0 Å². The molecule has 1 nitrogen and oxygen atoms in total. The number of fused-ring (bicyclic) bond motifs is 1. The molecule has 0 spiro atoms. The van der Waals surface area contributed by atoms with Crippen molar-refractivity contribution in [3.63, 3.8) is 0 Å². The van der Waals surface area contributed by atoms with E-state index >= 15 is 0 Å². The van der Waals surface area contributed by atoms with Gasteiger partial charge in [0.25, 0.3) is 0 Å². The van der Waals surface area contributed by atoms with Crippen molar-refractivity contribution in [2.45, 2.75) is 58.7 Å². The highest BCUT2D eigenvalue weighted by Crippen LogP contribution is 2.49. The van der Waals surface area contributed by atoms with Crippen molar-refractivity contribution in [1.29, 1.82) is 0 Å². The lowest BCUT2D eigenvalue weighted by molar-refractivity contribution is -0.661. The SMILES string of the molecule is [2H]C([2H])([2H])c1ccc(-c2cc3c(c[n+]2C)C(C)(C)C([2H])([2H])C3(C)C)c(C)c1. The van der Waals surface area contributed by atoms with Gasteiger partial charge in [0.15, 0.2) is 6.20 Å². The zero-order valence-electron chi connectivity index (χ0n) is 19.3. The Morgan fingerprint density at radius 1 is 1.09 bits per heavy atom. The van der Waals surface area contributed by atoms with Crippen molar-refractivity contribution in [2.75, 3.05) is 0 Å². The van der Waals surface area contributed by atoms with Gasteiger partial charge in [-0.3, -0.25) is 0 Å². The van der Waals surface area contributed by atoms with Crippen LogP contribution in [0.1, 0.15) is 63.2 Å². The van der Waals surface area contributed by atoms with Gasteiger partial charge in [-0.2, -0.15) is 0 Å². The van der Waals surface area contributed by atoms with E-state index in [-0.39, 0.29) is 0 Å². The third kappa shape index (κ3) is 2.27. The molecule has 0 amide bonds. The van der Waals surface area contributed by atoms with Crippen LogP contribution in [0.25, 0.3) is 11.3 Å². The first kappa shape index (κ1) is 10.2. The van der Waals surface area contributed by atoms with Gasteiger partial charge in [-0.25, -0.2) is 4.57 Å². The molecule has 1 aliphatic carbocycles. The van der Waals surface area contributed by atoms with Gasteiger partial charge in [0.1, 0.15) is 7.05 Å². The molecule has 0 bridgehead atoms. The van der Waals surface area contributed by atoms with Crippen LogP contribution >= 0.6 is 0 Å². The number of hydrogen-bond donors (Lipinski definition) is 0. The molecular formula is C21H28N+. The summed E-state index contributed by atoms with van der Waals surface area (Å²) < 4.78 is 42.4. The summed E-state index contributed by atoms with van der Waals surface area (Å²) in [5.41, 5.74) is 4.00. The summed E-state index contributed by atoms with van der Waals surface area (Å²) in [5, 5.41) is 0. The van der Waals surface area contributed by atoms with E-state index in [1.165, 1.54) is 0 Å². The van der Waals surface area contributed by atoms with Crippen LogP contribution in [0.3, 0.4) is 0 Å². The van der Waals surface area contributed by atoms with E-state index in [4.69, 9.17) is 6.85 Å². The number of benzene rings is 1. The lowest BCUT2D eigenvalue weighted by atomic mass is 9.82. The molecule has 116 valence electrons. The number of nitrogens with zero attached hydrogens (tertiary/aromatic N) is 1. The van der Waals surface area contributed by atoms with E-state index in [1.54, 1.807) is 12.1 Å². The molecule has 0 radical (unpaired) electrons. The van der Waals surface area contributed by atoms with Crippen molar-refractivity contribution in [3.8, 4) is 11.3 Å². The van der Waals surface area contributed by atoms with Crippen LogP contribution in [0, 0.1) is 13.8 Å². The first-order valence-corrected chi connectivity index (χ1v) is 7.78. The van der Waals surface area contributed by atoms with E-state index in [0.717, 1.165) is 27.9 Å². The van der Waals surface area contributed by atoms with Gasteiger partial charge in [0, 0.05) is 24.0 Å². The van der Waals surface area contributed by atoms with Crippen molar-refractivity contribution in [1.82, 2.24) is 0 Å². The summed E-state index contributed by atoms with van der Waals surface area (Å²) in [6.07, 6.45) is 0.655. The second kappa shape index (κ2) is 4.68. The van der Waals surface area contributed by atoms with Crippen molar-refractivity contribution in [2.24, 2.45) is 7.05 Å². The van der Waals surface area contributed by atoms with Crippen LogP contribution in [0.4, 0.5) is 0 Å². The summed E-state index contributed by atoms with van der Waals surface area (Å²) >= 11 is 0. The molecule has 0 saturated heterocycles. The Morgan fingerprint density at radius 2 is 1.77 bits per heavy atom. The Kier molecular flexibility index (Phi) is 2.17. The fraction of sp³-hybridized carbons (Fsp3) is 0.476. The molecule has 0 N–H and O–H groups in total. The topological polar surface area (TPSA) is 3.88 Å². The Balaban J connectivity index is 2.23. The molecule has 0 saturated carbocycles. The molecule has 3 rings (SSSR count). The maximum absolute atomic E-state index is 8.76. The van der Waals surface area contributed by atoms with Gasteiger partial charge < -0.3 is 0 Å². The van der Waals surface area contributed by atoms with Crippen molar-refractivity contribution >= 4 is 0 Å². The van der Waals surface area contributed by atoms with E-state index in [1.807, 2.05) is 58.5 Å². The third-order valence-electron chi connectivity index (χ3n) is 4.75. The highest BCUT2D eigenvalue weighted by atomic mass is 14.9. The summed E-state index contributed by atoms with van der Waals surface area (Å²) in [6.45, 7) is 7.68. The number of rotatable bonds is 1. The quantitative estimate of drug-likeness (QED) is 0.669. The second-order valence-corrected chi connectivity index (χ2v) is 7.50. The summed E-state index contributed by atoms with van der Waals surface area (Å²) in [6, 6.07) is 7.33. The molecule has 22 heavy (non-hydrogen) atoms. The van der Waals surface area contributed by atoms with Gasteiger partial charge in [-0.1, -0.05) is 45.4 Å². The zero-order chi connectivity index (χ0) is 20.6. The summed E-state index contributed by atoms with van der Waals surface area (Å²) in [4.78, 5) is 0. The third-order valence-corrected chi connectivity index (χ3v) is 4.75. The summed E-state index contributed by atoms with van der Waals surface area (Å²) in [5.74, 6) is 0. The monoisotopic (exact) mass is 299 g/mol. The first-order chi connectivity index (χ1) is 12.1. The average molecular weight is 299 g/mol. The molecule has 1 heterocycles. The second-order valence-electron chi connectivity index (χ2n) is 7.50. The maximum Gasteiger partial charge on any atom is 0.212 e. The molecule has 1 aliphatic rings. The lowest BCUT2D eigenvalue weighted by Gasteiger charge is -2.22. The Morgan fingerprint density at radius 3 is 2.41 bits per heavy atom. The highest BCUT2D eigenvalue weighted by molar-refractivity contribution is 5.63. The first-order valence-electron chi connectivity index (χ1n) is 10.3. The van der Waals surface area contributed by atoms with Crippen LogP contribution in [-0.2, 0) is 17.9 Å². The average Bonchev–Trinajstić information content (AvgIpc) is 2.62. The number of aryl methyl sites for hydroxylation is 3. The van der Waals surface area contributed by atoms with Crippen LogP contribution in [0.5, 0.6) is 0 Å². The zero-order valence-corrected chi connectivity index (χ0v) is 14.3. The minimum Gasteiger partial charge on any atom is -0.201 e. The van der Waals surface area contributed by atoms with E-state index in [2.05, 4.69) is 6.07 Å². The molecule has 1 aromatic heterocycles. The highest BCUT2D eigenvalue weighted by Gasteiger charge is 2.44. The van der Waals surface area contributed by atoms with Crippen molar-refractivity contribution in [3.05, 3.63) is 52.7 Å². The Labute approximate surface area is 142 Å². The largest absolute Gasteiger partial charge is 0.212 e. The fourth-order valence-corrected chi connectivity index (χ4v) is 3.80. The lowest BCUT2D eigenvalue weighted by Crippen LogP contribution is -2.33. The normalized spacial score (nSPS) is 24.5. The Hall–Kier alpha value is -1.63. The number of aromatic nitrogens is 1. The number of pyridine rings is 1. The van der Waals surface area contributed by atoms with E-state index in [0.29, 0.717) is 5.56 Å². The molecular weight excluding hydrogens is 266 g/mol. The molecule has 0 unspecified atom stereocenters. The number of hydrogen-bond acceptors (Lipinski definition) is 0. The van der Waals surface area contributed by atoms with Gasteiger partial charge in [-0.05, 0) is 48.2 Å². The molecule has 0 fully saturated rings. The van der Waals surface area contributed by atoms with Crippen LogP contribution < -0.4 is 4.57 Å². The van der Waals surface area contributed by atoms with Crippen LogP contribution in [0.15, 0.2) is 30.5 Å². The smallest absolute Gasteiger partial charge is 0.201 e. The van der Waals surface area contributed by atoms with Gasteiger partial charge in [0.2, 0.25) is 5.69 Å². The molecule has 1 heteroatoms.